The lowest BCUT2D eigenvalue weighted by Gasteiger charge is -2.14. The zero-order chi connectivity index (χ0) is 18.4. The highest BCUT2D eigenvalue weighted by atomic mass is 79.9. The predicted molar refractivity (Wildman–Crippen MR) is 118 cm³/mol. The molecule has 0 aliphatic heterocycles. The Morgan fingerprint density at radius 3 is 2.60 bits per heavy atom. The Balaban J connectivity index is 2.14. The van der Waals surface area contributed by atoms with Gasteiger partial charge in [0.15, 0.2) is 0 Å². The fourth-order valence-corrected chi connectivity index (χ4v) is 4.33. The van der Waals surface area contributed by atoms with Crippen LogP contribution in [0.4, 0.5) is 0 Å². The summed E-state index contributed by atoms with van der Waals surface area (Å²) in [6.45, 7) is 4.98. The second-order valence-corrected chi connectivity index (χ2v) is 13.2. The molecule has 0 spiro atoms. The molecule has 1 aromatic carbocycles. The minimum atomic E-state index is -1.39. The molecule has 1 aliphatic rings. The molecular formula is C19H22BrCl2N2P. The third kappa shape index (κ3) is 3.95. The number of hydrogen-bond donors (Lipinski definition) is 0. The highest BCUT2D eigenvalue weighted by Crippen LogP contribution is 2.50. The van der Waals surface area contributed by atoms with Crippen LogP contribution in [0.2, 0.25) is 10.2 Å². The van der Waals surface area contributed by atoms with Crippen LogP contribution in [-0.2, 0) is 12.8 Å². The Kier molecular flexibility index (Phi) is 5.61. The number of benzene rings is 1. The number of nitrogens with zero attached hydrogens (tertiary/aromatic N) is 2. The van der Waals surface area contributed by atoms with Gasteiger partial charge in [0, 0.05) is 14.8 Å². The Morgan fingerprint density at radius 2 is 1.96 bits per heavy atom. The highest BCUT2D eigenvalue weighted by Gasteiger charge is 2.21. The van der Waals surface area contributed by atoms with Crippen molar-refractivity contribution in [1.82, 2.24) is 9.78 Å². The summed E-state index contributed by atoms with van der Waals surface area (Å²) in [6.07, 6.45) is 10.7. The fourth-order valence-electron chi connectivity index (χ4n) is 2.99. The van der Waals surface area contributed by atoms with Crippen molar-refractivity contribution in [2.75, 3.05) is 13.3 Å². The molecule has 25 heavy (non-hydrogen) atoms. The van der Waals surface area contributed by atoms with Gasteiger partial charge in [-0.25, -0.2) is 4.68 Å². The van der Waals surface area contributed by atoms with E-state index in [9.17, 15) is 0 Å². The summed E-state index contributed by atoms with van der Waals surface area (Å²) in [5.74, 6) is 0. The Bertz CT molecular complexity index is 909. The van der Waals surface area contributed by atoms with Crippen molar-refractivity contribution in [3.63, 3.8) is 0 Å². The van der Waals surface area contributed by atoms with E-state index in [2.05, 4.69) is 47.7 Å². The first-order valence-electron chi connectivity index (χ1n) is 8.31. The summed E-state index contributed by atoms with van der Waals surface area (Å²) in [7, 11) is 0. The maximum Gasteiger partial charge on any atom is 0.136 e. The predicted octanol–water partition coefficient (Wildman–Crippen LogP) is 6.77. The zero-order valence-corrected chi connectivity index (χ0v) is 18.7. The van der Waals surface area contributed by atoms with Gasteiger partial charge in [-0.3, -0.25) is 0 Å². The molecule has 0 unspecified atom stereocenters. The van der Waals surface area contributed by atoms with Crippen LogP contribution in [0.15, 0.2) is 16.4 Å². The monoisotopic (exact) mass is 458 g/mol. The lowest BCUT2D eigenvalue weighted by molar-refractivity contribution is 0.671. The summed E-state index contributed by atoms with van der Waals surface area (Å²) in [4.78, 5) is 0. The van der Waals surface area contributed by atoms with E-state index in [0.717, 1.165) is 49.7 Å². The van der Waals surface area contributed by atoms with Crippen LogP contribution in [0.5, 0.6) is 0 Å². The molecule has 0 N–H and O–H groups in total. The van der Waals surface area contributed by atoms with Crippen LogP contribution < -0.4 is 0 Å². The average molecular weight is 460 g/mol. The maximum atomic E-state index is 6.66. The molecule has 134 valence electrons. The molecule has 1 aliphatic carbocycles. The standard InChI is InChI=1S/C19H22BrCl2N2P/c1-12-9-15(21)13(11-18(20)25(2,3)4)10-17(12)24-19(22)14-7-5-6-8-16(14)23-24/h9-11H,2,5-8H2,1,3-4H3. The van der Waals surface area contributed by atoms with Crippen molar-refractivity contribution < 1.29 is 0 Å². The summed E-state index contributed by atoms with van der Waals surface area (Å²) in [5, 5.41) is 6.24. The van der Waals surface area contributed by atoms with Gasteiger partial charge < -0.3 is 0 Å². The lowest BCUT2D eigenvalue weighted by atomic mass is 9.98. The van der Waals surface area contributed by atoms with Gasteiger partial charge in [0.05, 0.1) is 11.4 Å². The van der Waals surface area contributed by atoms with Gasteiger partial charge in [0.1, 0.15) is 5.15 Å². The first-order chi connectivity index (χ1) is 11.7. The van der Waals surface area contributed by atoms with Crippen LogP contribution in [0, 0.1) is 6.92 Å². The molecule has 0 saturated heterocycles. The number of rotatable bonds is 3. The normalized spacial score (nSPS) is 15.4. The van der Waals surface area contributed by atoms with E-state index in [1.807, 2.05) is 17.7 Å². The highest BCUT2D eigenvalue weighted by molar-refractivity contribution is 9.13. The van der Waals surface area contributed by atoms with E-state index in [1.54, 1.807) is 0 Å². The first-order valence-corrected chi connectivity index (χ1v) is 12.7. The van der Waals surface area contributed by atoms with Crippen molar-refractivity contribution in [2.24, 2.45) is 0 Å². The van der Waals surface area contributed by atoms with Crippen LogP contribution in [0.3, 0.4) is 0 Å². The molecule has 1 heterocycles. The minimum absolute atomic E-state index is 0.722. The molecule has 1 aromatic heterocycles. The molecule has 6 heteroatoms. The molecule has 0 saturated carbocycles. The Labute approximate surface area is 168 Å². The van der Waals surface area contributed by atoms with Crippen molar-refractivity contribution in [3.05, 3.63) is 48.9 Å². The minimum Gasteiger partial charge on any atom is -0.221 e. The van der Waals surface area contributed by atoms with Gasteiger partial charge in [0.2, 0.25) is 0 Å². The summed E-state index contributed by atoms with van der Waals surface area (Å²) >= 11 is 16.8. The first kappa shape index (κ1) is 19.3. The largest absolute Gasteiger partial charge is 0.221 e. The Hall–Kier alpha value is -0.470. The maximum absolute atomic E-state index is 6.66. The number of aromatic nitrogens is 2. The second-order valence-electron chi connectivity index (χ2n) is 7.15. The van der Waals surface area contributed by atoms with Gasteiger partial charge in [-0.1, -0.05) is 52.3 Å². The number of halogens is 3. The molecule has 0 bridgehead atoms. The SMILES string of the molecule is C=P(C)(C)C(Br)=Cc1cc(-n2nc3c(c2Cl)CCCC3)c(C)cc1Cl. The third-order valence-electron chi connectivity index (χ3n) is 4.49. The summed E-state index contributed by atoms with van der Waals surface area (Å²) in [5.41, 5.74) is 5.33. The van der Waals surface area contributed by atoms with E-state index < -0.39 is 6.89 Å². The van der Waals surface area contributed by atoms with Gasteiger partial charge in [0.25, 0.3) is 0 Å². The third-order valence-corrected chi connectivity index (χ3v) is 9.60. The topological polar surface area (TPSA) is 17.8 Å². The lowest BCUT2D eigenvalue weighted by Crippen LogP contribution is -2.01. The summed E-state index contributed by atoms with van der Waals surface area (Å²) < 4.78 is 2.97. The average Bonchev–Trinajstić information content (AvgIpc) is 2.86. The smallest absolute Gasteiger partial charge is 0.136 e. The van der Waals surface area contributed by atoms with E-state index in [0.29, 0.717) is 0 Å². The summed E-state index contributed by atoms with van der Waals surface area (Å²) in [6, 6.07) is 4.05. The number of hydrogen-bond acceptors (Lipinski definition) is 1. The van der Waals surface area contributed by atoms with Crippen LogP contribution in [0.25, 0.3) is 11.8 Å². The van der Waals surface area contributed by atoms with Crippen molar-refractivity contribution >= 4 is 58.4 Å². The zero-order valence-electron chi connectivity index (χ0n) is 14.7. The van der Waals surface area contributed by atoms with Gasteiger partial charge in [-0.2, -0.15) is 5.10 Å². The van der Waals surface area contributed by atoms with Crippen molar-refractivity contribution in [1.29, 1.82) is 0 Å². The van der Waals surface area contributed by atoms with Crippen molar-refractivity contribution in [3.8, 4) is 5.69 Å². The molecule has 0 radical (unpaired) electrons. The van der Waals surface area contributed by atoms with Crippen LogP contribution >= 0.6 is 46.0 Å². The van der Waals surface area contributed by atoms with Crippen LogP contribution in [-0.4, -0.2) is 29.4 Å². The molecule has 0 atom stereocenters. The fraction of sp³-hybridized carbons (Fsp3) is 0.368. The Morgan fingerprint density at radius 1 is 1.28 bits per heavy atom. The number of aryl methyl sites for hydroxylation is 2. The van der Waals surface area contributed by atoms with Crippen LogP contribution in [0.1, 0.15) is 35.2 Å². The van der Waals surface area contributed by atoms with Gasteiger partial charge in [-0.15, -0.1) is 0 Å². The molecule has 0 fully saturated rings. The van der Waals surface area contributed by atoms with Gasteiger partial charge >= 0.3 is 0 Å². The van der Waals surface area contributed by atoms with Crippen molar-refractivity contribution in [2.45, 2.75) is 32.6 Å². The molecule has 0 amide bonds. The number of fused-ring (bicyclic) bond motifs is 1. The van der Waals surface area contributed by atoms with Gasteiger partial charge in [-0.05, 0) is 75.3 Å². The van der Waals surface area contributed by atoms with E-state index >= 15 is 0 Å². The molecule has 3 rings (SSSR count). The molecule has 2 aromatic rings. The van der Waals surface area contributed by atoms with E-state index in [4.69, 9.17) is 28.3 Å². The quantitative estimate of drug-likeness (QED) is 0.463. The second kappa shape index (κ2) is 7.27. The van der Waals surface area contributed by atoms with E-state index in [-0.39, 0.29) is 0 Å². The molecular weight excluding hydrogens is 438 g/mol. The van der Waals surface area contributed by atoms with E-state index in [1.165, 1.54) is 18.4 Å². The molecule has 2 nitrogen and oxygen atoms in total.